The molecule has 0 aromatic heterocycles. The molecule has 15 heavy (non-hydrogen) atoms. The van der Waals surface area contributed by atoms with E-state index in [1.807, 2.05) is 12.1 Å². The van der Waals surface area contributed by atoms with Crippen molar-refractivity contribution >= 4 is 0 Å². The first-order valence-electron chi connectivity index (χ1n) is 5.92. The van der Waals surface area contributed by atoms with Gasteiger partial charge in [-0.15, -0.1) is 0 Å². The van der Waals surface area contributed by atoms with Gasteiger partial charge in [0.05, 0.1) is 5.60 Å². The van der Waals surface area contributed by atoms with E-state index in [0.717, 1.165) is 31.2 Å². The normalized spacial score (nSPS) is 11.7. The molecular formula is C14H22O. The third-order valence-electron chi connectivity index (χ3n) is 2.97. The lowest BCUT2D eigenvalue weighted by molar-refractivity contribution is 0.0164. The second-order valence-electron chi connectivity index (χ2n) is 4.35. The van der Waals surface area contributed by atoms with Crippen molar-refractivity contribution in [1.82, 2.24) is 0 Å². The molecule has 1 aromatic carbocycles. The Kier molecular flexibility index (Phi) is 4.34. The van der Waals surface area contributed by atoms with Crippen LogP contribution in [0.15, 0.2) is 24.3 Å². The van der Waals surface area contributed by atoms with E-state index in [4.69, 9.17) is 0 Å². The molecule has 0 aliphatic rings. The van der Waals surface area contributed by atoms with Gasteiger partial charge in [-0.05, 0) is 30.9 Å². The quantitative estimate of drug-likeness (QED) is 0.777. The summed E-state index contributed by atoms with van der Waals surface area (Å²) in [6.07, 6.45) is 3.74. The van der Waals surface area contributed by atoms with Crippen LogP contribution in [0.3, 0.4) is 0 Å². The summed E-state index contributed by atoms with van der Waals surface area (Å²) in [4.78, 5) is 0. The Labute approximate surface area is 93.1 Å². The van der Waals surface area contributed by atoms with Gasteiger partial charge >= 0.3 is 0 Å². The molecule has 1 aromatic rings. The van der Waals surface area contributed by atoms with E-state index in [1.165, 1.54) is 5.56 Å². The van der Waals surface area contributed by atoms with E-state index in [-0.39, 0.29) is 0 Å². The van der Waals surface area contributed by atoms with E-state index in [0.29, 0.717) is 0 Å². The number of rotatable bonds is 5. The van der Waals surface area contributed by atoms with Gasteiger partial charge in [0, 0.05) is 0 Å². The second-order valence-corrected chi connectivity index (χ2v) is 4.35. The molecule has 1 heteroatoms. The van der Waals surface area contributed by atoms with Crippen molar-refractivity contribution in [3.63, 3.8) is 0 Å². The summed E-state index contributed by atoms with van der Waals surface area (Å²) in [5.41, 5.74) is 1.69. The Bertz CT molecular complexity index is 298. The molecule has 1 N–H and O–H groups in total. The van der Waals surface area contributed by atoms with Crippen LogP contribution in [0.25, 0.3) is 0 Å². The van der Waals surface area contributed by atoms with Crippen molar-refractivity contribution in [3.05, 3.63) is 35.4 Å². The molecule has 0 radical (unpaired) electrons. The summed E-state index contributed by atoms with van der Waals surface area (Å²) in [7, 11) is 0. The van der Waals surface area contributed by atoms with Crippen molar-refractivity contribution in [2.24, 2.45) is 0 Å². The first kappa shape index (κ1) is 12.3. The van der Waals surface area contributed by atoms with Crippen LogP contribution in [0.4, 0.5) is 0 Å². The van der Waals surface area contributed by atoms with Crippen molar-refractivity contribution in [2.45, 2.75) is 52.1 Å². The zero-order valence-corrected chi connectivity index (χ0v) is 10.1. The molecular weight excluding hydrogens is 184 g/mol. The van der Waals surface area contributed by atoms with Gasteiger partial charge in [-0.25, -0.2) is 0 Å². The Morgan fingerprint density at radius 1 is 1.07 bits per heavy atom. The number of benzene rings is 1. The molecule has 0 atom stereocenters. The molecule has 0 aliphatic carbocycles. The minimum Gasteiger partial charge on any atom is -0.385 e. The lowest BCUT2D eigenvalue weighted by atomic mass is 9.83. The van der Waals surface area contributed by atoms with Crippen LogP contribution in [0, 0.1) is 6.92 Å². The molecule has 0 bridgehead atoms. The predicted octanol–water partition coefficient (Wildman–Crippen LogP) is 3.78. The molecule has 0 spiro atoms. The predicted molar refractivity (Wildman–Crippen MR) is 64.9 cm³/mol. The first-order chi connectivity index (χ1) is 7.14. The minimum atomic E-state index is -0.616. The van der Waals surface area contributed by atoms with Crippen LogP contribution in [0.5, 0.6) is 0 Å². The van der Waals surface area contributed by atoms with E-state index in [1.54, 1.807) is 0 Å². The molecule has 0 fully saturated rings. The minimum absolute atomic E-state index is 0.616. The monoisotopic (exact) mass is 206 g/mol. The molecule has 0 amide bonds. The maximum Gasteiger partial charge on any atom is 0.0898 e. The van der Waals surface area contributed by atoms with Crippen molar-refractivity contribution in [1.29, 1.82) is 0 Å². The SMILES string of the molecule is CCCC(O)(CCC)c1ccccc1C. The number of hydrogen-bond donors (Lipinski definition) is 1. The van der Waals surface area contributed by atoms with Gasteiger partial charge in [-0.3, -0.25) is 0 Å². The lowest BCUT2D eigenvalue weighted by Crippen LogP contribution is -2.26. The molecule has 0 heterocycles. The van der Waals surface area contributed by atoms with Crippen LogP contribution >= 0.6 is 0 Å². The van der Waals surface area contributed by atoms with Gasteiger partial charge < -0.3 is 5.11 Å². The Hall–Kier alpha value is -0.820. The first-order valence-corrected chi connectivity index (χ1v) is 5.92. The van der Waals surface area contributed by atoms with Crippen molar-refractivity contribution in [2.75, 3.05) is 0 Å². The molecule has 1 rings (SSSR count). The summed E-state index contributed by atoms with van der Waals surface area (Å²) in [5, 5.41) is 10.7. The average Bonchev–Trinajstić information content (AvgIpc) is 2.19. The fourth-order valence-electron chi connectivity index (χ4n) is 2.32. The van der Waals surface area contributed by atoms with Crippen LogP contribution in [-0.4, -0.2) is 5.11 Å². The number of hydrogen-bond acceptors (Lipinski definition) is 1. The highest BCUT2D eigenvalue weighted by atomic mass is 16.3. The molecule has 84 valence electrons. The van der Waals surface area contributed by atoms with E-state index >= 15 is 0 Å². The summed E-state index contributed by atoms with van der Waals surface area (Å²) in [6.45, 7) is 6.32. The highest BCUT2D eigenvalue weighted by Gasteiger charge is 2.28. The van der Waals surface area contributed by atoms with Crippen LogP contribution in [0.1, 0.15) is 50.7 Å². The Morgan fingerprint density at radius 3 is 2.07 bits per heavy atom. The molecule has 0 saturated heterocycles. The number of aryl methyl sites for hydroxylation is 1. The molecule has 0 unspecified atom stereocenters. The zero-order valence-electron chi connectivity index (χ0n) is 10.1. The Balaban J connectivity index is 3.03. The maximum absolute atomic E-state index is 10.7. The van der Waals surface area contributed by atoms with Crippen molar-refractivity contribution in [3.8, 4) is 0 Å². The fourth-order valence-corrected chi connectivity index (χ4v) is 2.32. The molecule has 0 saturated carbocycles. The van der Waals surface area contributed by atoms with Crippen LogP contribution in [0.2, 0.25) is 0 Å². The van der Waals surface area contributed by atoms with Gasteiger partial charge in [0.1, 0.15) is 0 Å². The van der Waals surface area contributed by atoms with Crippen molar-refractivity contribution < 1.29 is 5.11 Å². The van der Waals surface area contributed by atoms with E-state index in [2.05, 4.69) is 32.9 Å². The Morgan fingerprint density at radius 2 is 1.60 bits per heavy atom. The fraction of sp³-hybridized carbons (Fsp3) is 0.571. The summed E-state index contributed by atoms with van der Waals surface area (Å²) in [6, 6.07) is 8.17. The van der Waals surface area contributed by atoms with E-state index < -0.39 is 5.60 Å². The largest absolute Gasteiger partial charge is 0.385 e. The van der Waals surface area contributed by atoms with Gasteiger partial charge in [-0.2, -0.15) is 0 Å². The van der Waals surface area contributed by atoms with E-state index in [9.17, 15) is 5.11 Å². The van der Waals surface area contributed by atoms with Gasteiger partial charge in [0.25, 0.3) is 0 Å². The third-order valence-corrected chi connectivity index (χ3v) is 2.97. The van der Waals surface area contributed by atoms with Gasteiger partial charge in [0.2, 0.25) is 0 Å². The molecule has 0 aliphatic heterocycles. The summed E-state index contributed by atoms with van der Waals surface area (Å²) < 4.78 is 0. The van der Waals surface area contributed by atoms with Crippen LogP contribution in [-0.2, 0) is 5.60 Å². The summed E-state index contributed by atoms with van der Waals surface area (Å²) >= 11 is 0. The lowest BCUT2D eigenvalue weighted by Gasteiger charge is -2.29. The summed E-state index contributed by atoms with van der Waals surface area (Å²) in [5.74, 6) is 0. The smallest absolute Gasteiger partial charge is 0.0898 e. The van der Waals surface area contributed by atoms with Crippen LogP contribution < -0.4 is 0 Å². The highest BCUT2D eigenvalue weighted by molar-refractivity contribution is 5.31. The molecule has 1 nitrogen and oxygen atoms in total. The van der Waals surface area contributed by atoms with Gasteiger partial charge in [0.15, 0.2) is 0 Å². The zero-order chi connectivity index (χ0) is 11.3. The van der Waals surface area contributed by atoms with Gasteiger partial charge in [-0.1, -0.05) is 51.0 Å². The number of aliphatic hydroxyl groups is 1. The topological polar surface area (TPSA) is 20.2 Å². The second kappa shape index (κ2) is 5.32. The third kappa shape index (κ3) is 2.82. The standard InChI is InChI=1S/C14H22O/c1-4-10-14(15,11-5-2)13-9-7-6-8-12(13)3/h6-9,15H,4-5,10-11H2,1-3H3. The maximum atomic E-state index is 10.7. The highest BCUT2D eigenvalue weighted by Crippen LogP contribution is 2.33. The average molecular weight is 206 g/mol.